The second-order valence-corrected chi connectivity index (χ2v) is 6.63. The maximum Gasteiger partial charge on any atom is 0.266 e. The van der Waals surface area contributed by atoms with E-state index < -0.39 is 0 Å². The number of aromatic nitrogens is 1. The van der Waals surface area contributed by atoms with Crippen molar-refractivity contribution in [2.45, 2.75) is 13.8 Å². The largest absolute Gasteiger partial charge is 0.504 e. The van der Waals surface area contributed by atoms with Gasteiger partial charge in [-0.25, -0.2) is 9.98 Å². The fourth-order valence-corrected chi connectivity index (χ4v) is 3.55. The lowest BCUT2D eigenvalue weighted by Gasteiger charge is -2.11. The Bertz CT molecular complexity index is 909. The smallest absolute Gasteiger partial charge is 0.266 e. The number of pyridine rings is 1. The maximum atomic E-state index is 12.7. The van der Waals surface area contributed by atoms with Crippen LogP contribution < -0.4 is 4.74 Å². The molecule has 0 radical (unpaired) electrons. The number of amidine groups is 1. The van der Waals surface area contributed by atoms with Gasteiger partial charge in [-0.3, -0.25) is 9.69 Å². The van der Waals surface area contributed by atoms with E-state index in [0.29, 0.717) is 28.2 Å². The fraction of sp³-hybridized carbons (Fsp3) is 0.211. The molecule has 1 aromatic heterocycles. The molecule has 0 bridgehead atoms. The topological polar surface area (TPSA) is 75.0 Å². The first-order chi connectivity index (χ1) is 12.5. The van der Waals surface area contributed by atoms with E-state index in [9.17, 15) is 9.90 Å². The molecule has 1 amide bonds. The van der Waals surface area contributed by atoms with Gasteiger partial charge in [-0.05, 0) is 61.5 Å². The first kappa shape index (κ1) is 18.0. The number of hydrogen-bond acceptors (Lipinski definition) is 6. The number of aromatic hydroxyl groups is 1. The highest BCUT2D eigenvalue weighted by Gasteiger charge is 2.32. The van der Waals surface area contributed by atoms with Crippen LogP contribution in [0.15, 0.2) is 46.3 Å². The molecular weight excluding hydrogens is 350 g/mol. The van der Waals surface area contributed by atoms with E-state index in [4.69, 9.17) is 4.74 Å². The third-order valence-corrected chi connectivity index (χ3v) is 4.80. The van der Waals surface area contributed by atoms with E-state index in [0.717, 1.165) is 11.3 Å². The van der Waals surface area contributed by atoms with Gasteiger partial charge in [0.2, 0.25) is 0 Å². The summed E-state index contributed by atoms with van der Waals surface area (Å²) in [5.74, 6) is 0.894. The summed E-state index contributed by atoms with van der Waals surface area (Å²) in [5, 5.41) is 10.3. The number of methoxy groups -OCH3 is 1. The van der Waals surface area contributed by atoms with Gasteiger partial charge < -0.3 is 9.84 Å². The summed E-state index contributed by atoms with van der Waals surface area (Å²) in [6, 6.07) is 10.6. The van der Waals surface area contributed by atoms with Crippen LogP contribution in [-0.2, 0) is 4.79 Å². The summed E-state index contributed by atoms with van der Waals surface area (Å²) < 4.78 is 5.12. The Morgan fingerprint density at radius 2 is 2.15 bits per heavy atom. The Balaban J connectivity index is 1.94. The quantitative estimate of drug-likeness (QED) is 0.831. The average molecular weight is 369 g/mol. The number of nitrogens with zero attached hydrogens (tertiary/aromatic N) is 3. The Morgan fingerprint density at radius 3 is 2.85 bits per heavy atom. The van der Waals surface area contributed by atoms with Crippen molar-refractivity contribution in [3.8, 4) is 11.5 Å². The molecule has 1 aromatic carbocycles. The van der Waals surface area contributed by atoms with Crippen molar-refractivity contribution in [2.75, 3.05) is 13.7 Å². The van der Waals surface area contributed by atoms with Gasteiger partial charge in [0, 0.05) is 12.2 Å². The molecule has 6 nitrogen and oxygen atoms in total. The Labute approximate surface area is 156 Å². The van der Waals surface area contributed by atoms with Gasteiger partial charge in [0.25, 0.3) is 5.91 Å². The van der Waals surface area contributed by atoms with Gasteiger partial charge >= 0.3 is 0 Å². The Hall–Kier alpha value is -2.80. The van der Waals surface area contributed by atoms with Crippen LogP contribution >= 0.6 is 11.8 Å². The number of phenols is 1. The maximum absolute atomic E-state index is 12.7. The van der Waals surface area contributed by atoms with E-state index >= 15 is 0 Å². The number of ether oxygens (including phenoxy) is 1. The minimum atomic E-state index is -0.101. The van der Waals surface area contributed by atoms with E-state index in [2.05, 4.69) is 9.98 Å². The SMILES string of the molecule is CCN1C(=O)/C(=C/c2ccc(O)c(OC)c2)S/C1=N/c1cccc(C)n1. The minimum Gasteiger partial charge on any atom is -0.504 e. The van der Waals surface area contributed by atoms with Gasteiger partial charge in [0.05, 0.1) is 12.0 Å². The molecule has 1 fully saturated rings. The summed E-state index contributed by atoms with van der Waals surface area (Å²) in [7, 11) is 1.49. The van der Waals surface area contributed by atoms with E-state index in [1.807, 2.05) is 32.0 Å². The van der Waals surface area contributed by atoms with Crippen molar-refractivity contribution in [2.24, 2.45) is 4.99 Å². The van der Waals surface area contributed by atoms with Gasteiger partial charge in [0.1, 0.15) is 0 Å². The normalized spacial score (nSPS) is 17.3. The van der Waals surface area contributed by atoms with Gasteiger partial charge in [0.15, 0.2) is 22.5 Å². The lowest BCUT2D eigenvalue weighted by atomic mass is 10.2. The number of benzene rings is 1. The van der Waals surface area contributed by atoms with E-state index in [1.165, 1.54) is 18.9 Å². The van der Waals surface area contributed by atoms with Crippen LogP contribution in [0, 0.1) is 6.92 Å². The molecule has 1 N–H and O–H groups in total. The molecule has 0 aliphatic carbocycles. The number of carbonyl (C=O) groups excluding carboxylic acids is 1. The Morgan fingerprint density at radius 1 is 1.35 bits per heavy atom. The zero-order valence-electron chi connectivity index (χ0n) is 14.8. The lowest BCUT2D eigenvalue weighted by molar-refractivity contribution is -0.122. The summed E-state index contributed by atoms with van der Waals surface area (Å²) in [4.78, 5) is 23.8. The van der Waals surface area contributed by atoms with Crippen LogP contribution in [0.2, 0.25) is 0 Å². The van der Waals surface area contributed by atoms with Crippen LogP contribution in [0.5, 0.6) is 11.5 Å². The number of likely N-dealkylation sites (N-methyl/N-ethyl adjacent to an activating group) is 1. The molecule has 26 heavy (non-hydrogen) atoms. The van der Waals surface area contributed by atoms with Gasteiger partial charge in [-0.1, -0.05) is 12.1 Å². The zero-order valence-corrected chi connectivity index (χ0v) is 15.6. The molecule has 134 valence electrons. The number of aryl methyl sites for hydroxylation is 1. The highest BCUT2D eigenvalue weighted by atomic mass is 32.2. The summed E-state index contributed by atoms with van der Waals surface area (Å²) >= 11 is 1.31. The number of hydrogen-bond donors (Lipinski definition) is 1. The first-order valence-electron chi connectivity index (χ1n) is 8.12. The predicted octanol–water partition coefficient (Wildman–Crippen LogP) is 3.73. The fourth-order valence-electron chi connectivity index (χ4n) is 2.49. The highest BCUT2D eigenvalue weighted by Crippen LogP contribution is 2.35. The standard InChI is InChI=1S/C19H19N3O3S/c1-4-22-18(24)16(11-13-8-9-14(23)15(10-13)25-3)26-19(22)21-17-7-5-6-12(2)20-17/h5-11,23H,4H2,1-3H3/b16-11-,21-19+. The van der Waals surface area contributed by atoms with Crippen molar-refractivity contribution in [3.05, 3.63) is 52.6 Å². The Kier molecular flexibility index (Phi) is 5.27. The monoisotopic (exact) mass is 369 g/mol. The number of phenolic OH excluding ortho intramolecular Hbond substituents is 1. The van der Waals surface area contributed by atoms with Crippen LogP contribution in [-0.4, -0.2) is 39.7 Å². The summed E-state index contributed by atoms with van der Waals surface area (Å²) in [6.45, 7) is 4.33. The molecule has 0 unspecified atom stereocenters. The minimum absolute atomic E-state index is 0.0583. The summed E-state index contributed by atoms with van der Waals surface area (Å²) in [5.41, 5.74) is 1.64. The average Bonchev–Trinajstić information content (AvgIpc) is 2.91. The molecule has 2 heterocycles. The molecule has 3 rings (SSSR count). The van der Waals surface area contributed by atoms with Crippen LogP contribution in [0.4, 0.5) is 5.82 Å². The van der Waals surface area contributed by atoms with Crippen LogP contribution in [0.25, 0.3) is 6.08 Å². The number of thioether (sulfide) groups is 1. The zero-order chi connectivity index (χ0) is 18.7. The van der Waals surface area contributed by atoms with E-state index in [-0.39, 0.29) is 11.7 Å². The number of amides is 1. The number of rotatable bonds is 4. The predicted molar refractivity (Wildman–Crippen MR) is 104 cm³/mol. The van der Waals surface area contributed by atoms with Crippen molar-refractivity contribution in [3.63, 3.8) is 0 Å². The van der Waals surface area contributed by atoms with Gasteiger partial charge in [-0.2, -0.15) is 0 Å². The third-order valence-electron chi connectivity index (χ3n) is 3.79. The number of aliphatic imine (C=N–C) groups is 1. The van der Waals surface area contributed by atoms with Gasteiger partial charge in [-0.15, -0.1) is 0 Å². The molecule has 1 aliphatic heterocycles. The molecule has 1 aliphatic rings. The van der Waals surface area contributed by atoms with Crippen LogP contribution in [0.3, 0.4) is 0 Å². The molecule has 0 atom stereocenters. The molecule has 2 aromatic rings. The second-order valence-electron chi connectivity index (χ2n) is 5.62. The van der Waals surface area contributed by atoms with Crippen molar-refractivity contribution < 1.29 is 14.6 Å². The molecular formula is C19H19N3O3S. The first-order valence-corrected chi connectivity index (χ1v) is 8.94. The lowest BCUT2D eigenvalue weighted by Crippen LogP contribution is -2.28. The molecule has 1 saturated heterocycles. The van der Waals surface area contributed by atoms with Crippen LogP contribution in [0.1, 0.15) is 18.2 Å². The van der Waals surface area contributed by atoms with E-state index in [1.54, 1.807) is 29.2 Å². The molecule has 0 spiro atoms. The van der Waals surface area contributed by atoms with Crippen molar-refractivity contribution in [1.82, 2.24) is 9.88 Å². The highest BCUT2D eigenvalue weighted by molar-refractivity contribution is 8.18. The van der Waals surface area contributed by atoms with Crippen molar-refractivity contribution in [1.29, 1.82) is 0 Å². The van der Waals surface area contributed by atoms with Crippen molar-refractivity contribution >= 4 is 34.7 Å². The second kappa shape index (κ2) is 7.61. The molecule has 7 heteroatoms. The third kappa shape index (κ3) is 3.72. The molecule has 0 saturated carbocycles. The summed E-state index contributed by atoms with van der Waals surface area (Å²) in [6.07, 6.45) is 1.77. The number of carbonyl (C=O) groups is 1.